The zero-order valence-electron chi connectivity index (χ0n) is 79.5. The summed E-state index contributed by atoms with van der Waals surface area (Å²) in [5, 5.41) is 0. The molecule has 15 nitrogen and oxygen atoms in total. The molecule has 121 heavy (non-hydrogen) atoms. The number of benzene rings is 8. The Morgan fingerprint density at radius 3 is 0.620 bits per heavy atom. The molecule has 0 saturated heterocycles. The third-order valence-electron chi connectivity index (χ3n) is 18.4. The predicted molar refractivity (Wildman–Crippen MR) is 505 cm³/mol. The van der Waals surface area contributed by atoms with Gasteiger partial charge in [-0.15, -0.1) is 0 Å². The smallest absolute Gasteiger partial charge is 0.316 e. The lowest BCUT2D eigenvalue weighted by Gasteiger charge is -2.19. The summed E-state index contributed by atoms with van der Waals surface area (Å²) in [5.41, 5.74) is 11.0. The number of sulfone groups is 5. The van der Waals surface area contributed by atoms with Gasteiger partial charge >= 0.3 is 5.97 Å². The summed E-state index contributed by atoms with van der Waals surface area (Å²) in [4.78, 5) is 48.0. The number of ether oxygens (including phenoxy) is 1. The van der Waals surface area contributed by atoms with E-state index in [1.165, 1.54) is 22.3 Å². The number of ketones is 3. The van der Waals surface area contributed by atoms with E-state index >= 15 is 0 Å². The fourth-order valence-corrected chi connectivity index (χ4v) is 15.3. The molecule has 0 heterocycles. The van der Waals surface area contributed by atoms with Gasteiger partial charge in [-0.1, -0.05) is 247 Å². The van der Waals surface area contributed by atoms with Gasteiger partial charge in [-0.3, -0.25) is 19.2 Å². The SMILES string of the molecule is C=COC(=O)C(C)(C)C.Cc1ccc(C(=O)C(C)(C)C)cc1.Cc1ccc(CC(=O)C(C)(C)C)cc1.Cc1ccc(CCC(=O)C(C)(C)C)cc1.Cc1ccc(S(=O)(=O)C(C)(C)C)cc1.Cc1ccc(S(=O)(=O)C(C)(C)C)cc1.Cc1ccc(S(=O)(=O)C(C)(C)C)cc1.Cc1ccc(S(=O)(=O)C(C)(C)C)cc1.Cc1ccc(S(=O)(=O)C(C)(C)C)cc1. The second kappa shape index (κ2) is 45.9. The normalized spacial score (nSPS) is 12.2. The van der Waals surface area contributed by atoms with E-state index in [4.69, 9.17) is 0 Å². The molecular weight excluding hydrogens is 1610 g/mol. The summed E-state index contributed by atoms with van der Waals surface area (Å²) in [6.45, 7) is 67.8. The van der Waals surface area contributed by atoms with Crippen molar-refractivity contribution in [3.63, 3.8) is 0 Å². The Labute approximate surface area is 732 Å². The van der Waals surface area contributed by atoms with E-state index in [1.54, 1.807) is 185 Å². The van der Waals surface area contributed by atoms with Crippen molar-refractivity contribution in [2.24, 2.45) is 21.7 Å². The van der Waals surface area contributed by atoms with E-state index in [-0.39, 0.29) is 28.0 Å². The quantitative estimate of drug-likeness (QED) is 0.0627. The van der Waals surface area contributed by atoms with Crippen molar-refractivity contribution in [1.82, 2.24) is 0 Å². The molecule has 0 amide bonds. The van der Waals surface area contributed by atoms with E-state index in [9.17, 15) is 61.3 Å². The molecule has 0 spiro atoms. The van der Waals surface area contributed by atoms with Crippen LogP contribution < -0.4 is 0 Å². The van der Waals surface area contributed by atoms with Crippen LogP contribution >= 0.6 is 0 Å². The van der Waals surface area contributed by atoms with Crippen molar-refractivity contribution >= 4 is 72.5 Å². The van der Waals surface area contributed by atoms with Gasteiger partial charge in [0.25, 0.3) is 0 Å². The third kappa shape index (κ3) is 38.6. The minimum absolute atomic E-state index is 0.201. The highest BCUT2D eigenvalue weighted by Crippen LogP contribution is 2.31. The summed E-state index contributed by atoms with van der Waals surface area (Å²) in [5.74, 6) is 0.578. The number of aryl methyl sites for hydroxylation is 9. The van der Waals surface area contributed by atoms with Crippen molar-refractivity contribution in [3.8, 4) is 0 Å². The summed E-state index contributed by atoms with van der Waals surface area (Å²) < 4.78 is 121. The van der Waals surface area contributed by atoms with Crippen molar-refractivity contribution in [1.29, 1.82) is 0 Å². The Morgan fingerprint density at radius 2 is 0.455 bits per heavy atom. The highest BCUT2D eigenvalue weighted by Gasteiger charge is 2.35. The Bertz CT molecular complexity index is 4700. The van der Waals surface area contributed by atoms with Gasteiger partial charge in [-0.05, 0) is 258 Å². The van der Waals surface area contributed by atoms with Crippen molar-refractivity contribution in [2.75, 3.05) is 0 Å². The van der Waals surface area contributed by atoms with E-state index in [0.717, 1.165) is 51.6 Å². The number of esters is 1. The van der Waals surface area contributed by atoms with Crippen LogP contribution in [0.2, 0.25) is 0 Å². The first-order chi connectivity index (χ1) is 54.4. The molecule has 8 rings (SSSR count). The van der Waals surface area contributed by atoms with Crippen molar-refractivity contribution < 1.29 is 66.0 Å². The number of carbonyl (C=O) groups is 4. The monoisotopic (exact) mass is 1760 g/mol. The number of hydrogen-bond acceptors (Lipinski definition) is 15. The zero-order chi connectivity index (χ0) is 94.7. The van der Waals surface area contributed by atoms with Crippen molar-refractivity contribution in [3.05, 3.63) is 268 Å². The molecule has 0 N–H and O–H groups in total. The Hall–Kier alpha value is -8.27. The average Bonchev–Trinajstić information content (AvgIpc) is 0.816. The largest absolute Gasteiger partial charge is 0.435 e. The van der Waals surface area contributed by atoms with Crippen LogP contribution in [0.15, 0.2) is 231 Å². The first kappa shape index (κ1) is 113. The molecule has 8 aromatic carbocycles. The standard InChI is InChI=1S/C14H20O.C13H18O.C12H16O.5C11H16O2S.C7H12O2/c1-11-5-7-12(8-6-11)9-10-13(15)14(2,3)4;1-10-5-7-11(8-6-10)9-12(14)13(2,3)4;1-9-5-7-10(8-6-9)11(13)12(2,3)4;5*1-9-5-7-10(8-6-9)14(12,13)11(2,3)4;1-5-9-6(8)7(2,3)4/h5-8H,9-10H2,1-4H3;5-8H,9H2,1-4H3;5-8H,1-4H3;5*5-8H,1-4H3;5H,1H2,2-4H3. The Balaban J connectivity index is 0.00000134. The molecule has 8 aromatic rings. The van der Waals surface area contributed by atoms with Crippen LogP contribution in [0.5, 0.6) is 0 Å². The summed E-state index contributed by atoms with van der Waals surface area (Å²) in [6.07, 6.45) is 3.19. The Kier molecular flexibility index (Phi) is 42.8. The van der Waals surface area contributed by atoms with Gasteiger partial charge in [0.05, 0.1) is 59.9 Å². The maximum absolute atomic E-state index is 12.0. The molecule has 0 saturated carbocycles. The zero-order valence-corrected chi connectivity index (χ0v) is 83.6. The number of Topliss-reactive ketones (excluding diaryl/α,β-unsaturated/α-hetero) is 3. The lowest BCUT2D eigenvalue weighted by molar-refractivity contribution is -0.146. The van der Waals surface area contributed by atoms with Gasteiger partial charge in [-0.2, -0.15) is 0 Å². The number of rotatable bonds is 12. The molecule has 0 aromatic heterocycles. The topological polar surface area (TPSA) is 248 Å². The van der Waals surface area contributed by atoms with Gasteiger partial charge in [-0.25, -0.2) is 42.1 Å². The van der Waals surface area contributed by atoms with Gasteiger partial charge in [0.2, 0.25) is 0 Å². The van der Waals surface area contributed by atoms with Crippen LogP contribution in [0.25, 0.3) is 0 Å². The highest BCUT2D eigenvalue weighted by molar-refractivity contribution is 7.94. The summed E-state index contributed by atoms with van der Waals surface area (Å²) in [6, 6.07) is 59.1. The van der Waals surface area contributed by atoms with Crippen LogP contribution in [-0.2, 0) is 81.1 Å². The fourth-order valence-electron chi connectivity index (χ4n) is 9.29. The number of carbonyl (C=O) groups excluding carboxylic acids is 4. The van der Waals surface area contributed by atoms with E-state index < -0.39 is 78.3 Å². The van der Waals surface area contributed by atoms with Crippen LogP contribution in [0.3, 0.4) is 0 Å². The summed E-state index contributed by atoms with van der Waals surface area (Å²) in [7, 11) is -16.0. The molecule has 0 fully saturated rings. The second-order valence-electron chi connectivity index (χ2n) is 39.4. The minimum Gasteiger partial charge on any atom is -0.435 e. The lowest BCUT2D eigenvalue weighted by Crippen LogP contribution is -2.27. The molecule has 20 heteroatoms. The first-order valence-electron chi connectivity index (χ1n) is 40.6. The fraction of sp³-hybridized carbons (Fsp3) is 0.465. The van der Waals surface area contributed by atoms with E-state index in [0.29, 0.717) is 48.9 Å². The Morgan fingerprint density at radius 1 is 0.264 bits per heavy atom. The molecule has 0 atom stereocenters. The second-order valence-corrected chi connectivity index (χ2v) is 52.9. The highest BCUT2D eigenvalue weighted by atomic mass is 32.2. The van der Waals surface area contributed by atoms with Gasteiger partial charge in [0.1, 0.15) is 11.6 Å². The minimum atomic E-state index is -3.19. The van der Waals surface area contributed by atoms with Gasteiger partial charge in [0.15, 0.2) is 55.0 Å². The van der Waals surface area contributed by atoms with Crippen molar-refractivity contribution in [2.45, 2.75) is 310 Å². The van der Waals surface area contributed by atoms with E-state index in [1.807, 2.05) is 213 Å². The van der Waals surface area contributed by atoms with E-state index in [2.05, 4.69) is 49.4 Å². The van der Waals surface area contributed by atoms with Crippen LogP contribution in [-0.4, -0.2) is 89.1 Å². The molecule has 0 unspecified atom stereocenters. The molecule has 0 aliphatic rings. The maximum atomic E-state index is 12.0. The molecule has 670 valence electrons. The molecule has 0 aliphatic carbocycles. The first-order valence-corrected chi connectivity index (χ1v) is 48.0. The summed E-state index contributed by atoms with van der Waals surface area (Å²) >= 11 is 0. The third-order valence-corrected chi connectivity index (χ3v) is 30.9. The van der Waals surface area contributed by atoms with Crippen LogP contribution in [0, 0.1) is 77.0 Å². The molecule has 0 bridgehead atoms. The molecule has 0 aliphatic heterocycles. The average molecular weight is 1760 g/mol. The number of hydrogen-bond donors (Lipinski definition) is 0. The lowest BCUT2D eigenvalue weighted by atomic mass is 9.86. The molecule has 0 radical (unpaired) electrons. The van der Waals surface area contributed by atoms with Crippen LogP contribution in [0.4, 0.5) is 0 Å². The molecular formula is C101H146O15S5. The van der Waals surface area contributed by atoms with Gasteiger partial charge in [0, 0.05) is 34.7 Å². The van der Waals surface area contributed by atoms with Gasteiger partial charge < -0.3 is 4.74 Å². The van der Waals surface area contributed by atoms with Crippen LogP contribution in [0.1, 0.15) is 259 Å². The predicted octanol–water partition coefficient (Wildman–Crippen LogP) is 24.5. The maximum Gasteiger partial charge on any atom is 0.316 e.